The van der Waals surface area contributed by atoms with Crippen molar-refractivity contribution >= 4 is 11.8 Å². The van der Waals surface area contributed by atoms with Crippen LogP contribution in [0.15, 0.2) is 24.3 Å². The molecule has 1 saturated carbocycles. The molecule has 1 aliphatic heterocycles. The van der Waals surface area contributed by atoms with Crippen molar-refractivity contribution in [1.29, 1.82) is 0 Å². The average molecular weight is 355 g/mol. The van der Waals surface area contributed by atoms with E-state index in [4.69, 9.17) is 5.73 Å². The zero-order chi connectivity index (χ0) is 18.1. The van der Waals surface area contributed by atoms with Gasteiger partial charge in [0.1, 0.15) is 0 Å². The van der Waals surface area contributed by atoms with Gasteiger partial charge in [0, 0.05) is 43.4 Å². The first-order chi connectivity index (χ1) is 12.7. The Balaban J connectivity index is 1.43. The largest absolute Gasteiger partial charge is 0.354 e. The summed E-state index contributed by atoms with van der Waals surface area (Å²) in [5, 5.41) is 2.96. The quantitative estimate of drug-likeness (QED) is 0.845. The van der Waals surface area contributed by atoms with Crippen LogP contribution in [0.25, 0.3) is 0 Å². The number of hydrogen-bond acceptors (Lipinski definition) is 3. The van der Waals surface area contributed by atoms with Crippen LogP contribution in [0.4, 0.5) is 0 Å². The monoisotopic (exact) mass is 355 g/mol. The molecular formula is C21H29N3O2. The summed E-state index contributed by atoms with van der Waals surface area (Å²) in [4.78, 5) is 27.1. The van der Waals surface area contributed by atoms with Gasteiger partial charge < -0.3 is 16.0 Å². The third-order valence-corrected chi connectivity index (χ3v) is 6.58. The molecule has 1 heterocycles. The van der Waals surface area contributed by atoms with Gasteiger partial charge in [-0.2, -0.15) is 0 Å². The number of hydrogen-bond donors (Lipinski definition) is 2. The second-order valence-corrected chi connectivity index (χ2v) is 8.09. The van der Waals surface area contributed by atoms with Gasteiger partial charge in [-0.05, 0) is 49.7 Å². The molecule has 3 N–H and O–H groups in total. The zero-order valence-electron chi connectivity index (χ0n) is 15.4. The number of nitrogens with two attached hydrogens (primary N) is 1. The molecule has 1 aromatic carbocycles. The Kier molecular flexibility index (Phi) is 4.74. The van der Waals surface area contributed by atoms with Crippen molar-refractivity contribution in [2.24, 2.45) is 11.7 Å². The first-order valence-corrected chi connectivity index (χ1v) is 10.0. The maximum atomic E-state index is 13.3. The van der Waals surface area contributed by atoms with Crippen LogP contribution < -0.4 is 11.1 Å². The maximum absolute atomic E-state index is 13.3. The number of carbonyl (C=O) groups excluding carboxylic acids is 2. The molecule has 1 saturated heterocycles. The lowest BCUT2D eigenvalue weighted by atomic mass is 9.94. The van der Waals surface area contributed by atoms with E-state index in [-0.39, 0.29) is 23.3 Å². The SMILES string of the molecule is NCCC(=O)NCC1CCCCN1C(=O)C1CC12CCc1ccccc12. The number of likely N-dealkylation sites (tertiary alicyclic amines) is 1. The third kappa shape index (κ3) is 3.02. The average Bonchev–Trinajstić information content (AvgIpc) is 3.29. The number of fused-ring (bicyclic) bond motifs is 2. The van der Waals surface area contributed by atoms with Crippen LogP contribution in [0.3, 0.4) is 0 Å². The predicted molar refractivity (Wildman–Crippen MR) is 101 cm³/mol. The van der Waals surface area contributed by atoms with Crippen LogP contribution in [0.1, 0.15) is 49.7 Å². The number of nitrogens with one attached hydrogen (secondary N) is 1. The highest BCUT2D eigenvalue weighted by molar-refractivity contribution is 5.85. The zero-order valence-corrected chi connectivity index (χ0v) is 15.4. The smallest absolute Gasteiger partial charge is 0.226 e. The molecule has 2 aliphatic carbocycles. The van der Waals surface area contributed by atoms with Crippen LogP contribution in [0.5, 0.6) is 0 Å². The molecule has 2 fully saturated rings. The summed E-state index contributed by atoms with van der Waals surface area (Å²) in [5.74, 6) is 0.420. The van der Waals surface area contributed by atoms with Crippen molar-refractivity contribution in [2.75, 3.05) is 19.6 Å². The summed E-state index contributed by atoms with van der Waals surface area (Å²) < 4.78 is 0. The fraction of sp³-hybridized carbons (Fsp3) is 0.619. The Hall–Kier alpha value is -1.88. The number of amides is 2. The Labute approximate surface area is 155 Å². The molecule has 1 spiro atoms. The molecule has 5 nitrogen and oxygen atoms in total. The topological polar surface area (TPSA) is 75.4 Å². The summed E-state index contributed by atoms with van der Waals surface area (Å²) in [7, 11) is 0. The van der Waals surface area contributed by atoms with E-state index in [2.05, 4.69) is 34.5 Å². The van der Waals surface area contributed by atoms with E-state index in [1.807, 2.05) is 0 Å². The molecule has 0 bridgehead atoms. The number of nitrogens with zero attached hydrogens (tertiary/aromatic N) is 1. The standard InChI is InChI=1S/C21H29N3O2/c22-11-9-19(25)23-14-16-6-3-4-12-24(16)20(26)18-13-21(18)10-8-15-5-1-2-7-17(15)21/h1-2,5,7,16,18H,3-4,6,8-14,22H2,(H,23,25). The molecule has 4 rings (SSSR count). The van der Waals surface area contributed by atoms with Gasteiger partial charge in [-0.25, -0.2) is 0 Å². The first kappa shape index (κ1) is 17.5. The normalized spacial score (nSPS) is 29.5. The molecule has 1 aromatic rings. The Morgan fingerprint density at radius 2 is 2.12 bits per heavy atom. The van der Waals surface area contributed by atoms with E-state index >= 15 is 0 Å². The van der Waals surface area contributed by atoms with Crippen molar-refractivity contribution in [1.82, 2.24) is 10.2 Å². The number of piperidine rings is 1. The van der Waals surface area contributed by atoms with E-state index in [1.165, 1.54) is 11.1 Å². The number of aryl methyl sites for hydroxylation is 1. The minimum absolute atomic E-state index is 0.0157. The van der Waals surface area contributed by atoms with Crippen LogP contribution in [0.2, 0.25) is 0 Å². The van der Waals surface area contributed by atoms with Gasteiger partial charge in [-0.15, -0.1) is 0 Å². The lowest BCUT2D eigenvalue weighted by Crippen LogP contribution is -2.50. The van der Waals surface area contributed by atoms with Crippen LogP contribution in [-0.2, 0) is 21.4 Å². The summed E-state index contributed by atoms with van der Waals surface area (Å²) in [6, 6.07) is 8.76. The van der Waals surface area contributed by atoms with Crippen molar-refractivity contribution in [2.45, 2.75) is 56.4 Å². The van der Waals surface area contributed by atoms with E-state index in [0.29, 0.717) is 25.4 Å². The van der Waals surface area contributed by atoms with Crippen LogP contribution >= 0.6 is 0 Å². The Morgan fingerprint density at radius 3 is 2.96 bits per heavy atom. The molecule has 3 atom stereocenters. The second kappa shape index (κ2) is 7.03. The summed E-state index contributed by atoms with van der Waals surface area (Å²) >= 11 is 0. The number of benzene rings is 1. The summed E-state index contributed by atoms with van der Waals surface area (Å²) in [5.41, 5.74) is 8.37. The van der Waals surface area contributed by atoms with Crippen molar-refractivity contribution in [3.63, 3.8) is 0 Å². The molecule has 3 unspecified atom stereocenters. The maximum Gasteiger partial charge on any atom is 0.226 e. The third-order valence-electron chi connectivity index (χ3n) is 6.58. The molecule has 0 radical (unpaired) electrons. The van der Waals surface area contributed by atoms with Crippen LogP contribution in [0, 0.1) is 5.92 Å². The molecule has 0 aromatic heterocycles. The molecular weight excluding hydrogens is 326 g/mol. The highest BCUT2D eigenvalue weighted by Crippen LogP contribution is 2.62. The van der Waals surface area contributed by atoms with Gasteiger partial charge in [0.2, 0.25) is 11.8 Å². The molecule has 3 aliphatic rings. The lowest BCUT2D eigenvalue weighted by molar-refractivity contribution is -0.137. The molecule has 2 amide bonds. The molecule has 140 valence electrons. The van der Waals surface area contributed by atoms with E-state index in [9.17, 15) is 9.59 Å². The van der Waals surface area contributed by atoms with E-state index < -0.39 is 0 Å². The van der Waals surface area contributed by atoms with Gasteiger partial charge in [0.25, 0.3) is 0 Å². The first-order valence-electron chi connectivity index (χ1n) is 10.0. The summed E-state index contributed by atoms with van der Waals surface area (Å²) in [6.45, 7) is 1.74. The Bertz CT molecular complexity index is 704. The van der Waals surface area contributed by atoms with Gasteiger partial charge >= 0.3 is 0 Å². The predicted octanol–water partition coefficient (Wildman–Crippen LogP) is 1.74. The van der Waals surface area contributed by atoms with E-state index in [0.717, 1.165) is 45.1 Å². The Morgan fingerprint density at radius 1 is 1.27 bits per heavy atom. The van der Waals surface area contributed by atoms with Crippen molar-refractivity contribution in [3.05, 3.63) is 35.4 Å². The fourth-order valence-corrected chi connectivity index (χ4v) is 5.07. The van der Waals surface area contributed by atoms with Crippen molar-refractivity contribution < 1.29 is 9.59 Å². The molecule has 26 heavy (non-hydrogen) atoms. The van der Waals surface area contributed by atoms with E-state index in [1.54, 1.807) is 0 Å². The molecule has 5 heteroatoms. The highest BCUT2D eigenvalue weighted by atomic mass is 16.2. The highest BCUT2D eigenvalue weighted by Gasteiger charge is 2.62. The minimum atomic E-state index is -0.0157. The summed E-state index contributed by atoms with van der Waals surface area (Å²) in [6.07, 6.45) is 6.71. The number of carbonyl (C=O) groups is 2. The van der Waals surface area contributed by atoms with Gasteiger partial charge in [0.15, 0.2) is 0 Å². The lowest BCUT2D eigenvalue weighted by Gasteiger charge is -2.36. The van der Waals surface area contributed by atoms with Crippen molar-refractivity contribution in [3.8, 4) is 0 Å². The second-order valence-electron chi connectivity index (χ2n) is 8.09. The van der Waals surface area contributed by atoms with Crippen LogP contribution in [-0.4, -0.2) is 42.4 Å². The number of rotatable bonds is 5. The fourth-order valence-electron chi connectivity index (χ4n) is 5.07. The minimum Gasteiger partial charge on any atom is -0.354 e. The van der Waals surface area contributed by atoms with Gasteiger partial charge in [-0.1, -0.05) is 24.3 Å². The van der Waals surface area contributed by atoms with Gasteiger partial charge in [0.05, 0.1) is 0 Å². The van der Waals surface area contributed by atoms with Gasteiger partial charge in [-0.3, -0.25) is 9.59 Å².